The molecular formula is C64H69BBrN13O7S3. The van der Waals surface area contributed by atoms with Crippen LogP contribution in [-0.2, 0) is 5.54 Å². The first-order chi connectivity index (χ1) is 42.3. The lowest BCUT2D eigenvalue weighted by atomic mass is 9.77. The van der Waals surface area contributed by atoms with E-state index in [1.54, 1.807) is 91.3 Å². The zero-order chi connectivity index (χ0) is 64.7. The topological polar surface area (TPSA) is 300 Å². The molecule has 25 heteroatoms. The number of thiazole rings is 3. The normalized spacial score (nSPS) is 10.9. The van der Waals surface area contributed by atoms with Crippen molar-refractivity contribution in [3.63, 3.8) is 0 Å². The van der Waals surface area contributed by atoms with Crippen LogP contribution in [0.4, 0.5) is 23.3 Å². The van der Waals surface area contributed by atoms with Crippen LogP contribution in [0.3, 0.4) is 0 Å². The van der Waals surface area contributed by atoms with E-state index >= 15 is 0 Å². The highest BCUT2D eigenvalue weighted by molar-refractivity contribution is 9.11. The van der Waals surface area contributed by atoms with Gasteiger partial charge in [-0.15, -0.1) is 34.0 Å². The van der Waals surface area contributed by atoms with Gasteiger partial charge in [0.15, 0.2) is 10.2 Å². The molecule has 0 atom stereocenters. The van der Waals surface area contributed by atoms with E-state index in [2.05, 4.69) is 133 Å². The lowest BCUT2D eigenvalue weighted by Crippen LogP contribution is -2.32. The van der Waals surface area contributed by atoms with Gasteiger partial charge >= 0.3 is 7.12 Å². The largest absolute Gasteiger partial charge is 0.497 e. The summed E-state index contributed by atoms with van der Waals surface area (Å²) in [5.74, 6) is 3.38. The molecule has 0 aliphatic rings. The van der Waals surface area contributed by atoms with Crippen molar-refractivity contribution in [3.05, 3.63) is 164 Å². The maximum absolute atomic E-state index is 11.0. The molecule has 6 heterocycles. The van der Waals surface area contributed by atoms with Gasteiger partial charge in [-0.1, -0.05) is 18.2 Å². The molecule has 11 aromatic rings. The van der Waals surface area contributed by atoms with Crippen molar-refractivity contribution in [2.24, 2.45) is 0 Å². The number of rotatable bonds is 12. The van der Waals surface area contributed by atoms with Crippen LogP contribution in [0, 0.1) is 20.8 Å². The number of fused-ring (bicyclic) bond motifs is 1. The second-order valence-electron chi connectivity index (χ2n) is 21.7. The van der Waals surface area contributed by atoms with Crippen LogP contribution in [0.1, 0.15) is 77.0 Å². The van der Waals surface area contributed by atoms with Crippen molar-refractivity contribution >= 4 is 109 Å². The number of aryl methyl sites for hydroxylation is 3. The van der Waals surface area contributed by atoms with Crippen LogP contribution >= 0.6 is 49.9 Å². The predicted octanol–water partition coefficient (Wildman–Crippen LogP) is 12.8. The first-order valence-electron chi connectivity index (χ1n) is 27.4. The van der Waals surface area contributed by atoms with Crippen molar-refractivity contribution in [3.8, 4) is 71.9 Å². The zero-order valence-electron chi connectivity index (χ0n) is 51.2. The Morgan fingerprint density at radius 2 is 1.11 bits per heavy atom. The molecule has 0 aliphatic heterocycles. The van der Waals surface area contributed by atoms with Crippen molar-refractivity contribution < 1.29 is 33.8 Å². The fraction of sp³-hybridized carbons (Fsp3) is 0.219. The number of nitrogens with two attached hydrogens (primary N) is 3. The van der Waals surface area contributed by atoms with Crippen LogP contribution in [0.5, 0.6) is 17.2 Å². The van der Waals surface area contributed by atoms with Crippen LogP contribution < -0.4 is 42.2 Å². The molecule has 5 aromatic carbocycles. The van der Waals surface area contributed by atoms with Crippen LogP contribution in [0.2, 0.25) is 0 Å². The molecule has 0 spiro atoms. The van der Waals surface area contributed by atoms with Gasteiger partial charge in [0.1, 0.15) is 34.4 Å². The standard InChI is InChI=1S/C26H26N6OS.C14H19N5.C12H11NO2S.C8H9BO4.C4H4BrNS/c1-15-28-14-23(34-15)19-8-7-18(33-5)11-20(19)24-31-21-10-16(17-12-29-25(27)30-13-17)6-9-22(21)32(24)26(2,3)4;1-14(2,3)19-12-5-4-9(6-11(12)15)10-7-17-13(16)18-8-10;1-8-6-13-12(16-8)11-4-3-10(15-2)5-9(11)7-14;1-13-7-2-3-8(9(11)12)6(4-7)5-10;1-3-2-6-4(5)7-3/h6-14H,1-5H3,(H2,27,29,30);4-8,19H,15H2,1-3H3,(H2,16,17,18);3-7H,1-2H3;2-5,11-12H,1H3;2H,1H3. The third kappa shape index (κ3) is 18.3. The molecule has 9 N–H and O–H groups in total. The summed E-state index contributed by atoms with van der Waals surface area (Å²) < 4.78 is 18.8. The molecule has 0 aliphatic carbocycles. The molecule has 460 valence electrons. The van der Waals surface area contributed by atoms with E-state index < -0.39 is 7.12 Å². The van der Waals surface area contributed by atoms with E-state index in [0.29, 0.717) is 29.0 Å². The lowest BCUT2D eigenvalue weighted by molar-refractivity contribution is 0.111. The van der Waals surface area contributed by atoms with E-state index in [1.807, 2.05) is 69.6 Å². The maximum atomic E-state index is 11.0. The number of hydrogen-bond donors (Lipinski definition) is 6. The summed E-state index contributed by atoms with van der Waals surface area (Å²) in [6.07, 6.45) is 13.8. The first-order valence-corrected chi connectivity index (χ1v) is 30.7. The lowest BCUT2D eigenvalue weighted by Gasteiger charge is -2.25. The summed E-state index contributed by atoms with van der Waals surface area (Å²) in [6, 6.07) is 28.1. The van der Waals surface area contributed by atoms with Gasteiger partial charge in [0.2, 0.25) is 11.9 Å². The number of nitrogen functional groups attached to an aromatic ring is 3. The van der Waals surface area contributed by atoms with E-state index in [0.717, 1.165) is 97.2 Å². The smallest absolute Gasteiger partial charge is 0.489 e. The second-order valence-corrected chi connectivity index (χ2v) is 26.7. The third-order valence-electron chi connectivity index (χ3n) is 12.8. The highest BCUT2D eigenvalue weighted by Gasteiger charge is 2.26. The predicted molar refractivity (Wildman–Crippen MR) is 365 cm³/mol. The number of aromatic nitrogens is 9. The van der Waals surface area contributed by atoms with Gasteiger partial charge in [0, 0.05) is 103 Å². The monoisotopic (exact) mass is 1320 g/mol. The molecule has 0 saturated carbocycles. The SMILES string of the molecule is CC(C)(C)Nc1ccc(-c2cnc(N)nc2)cc1N.COc1ccc(-c2cnc(C)s2)c(-c2nc3cc(-c4cnc(N)nc4)ccc3n2C(C)(C)C)c1.COc1ccc(-c2ncc(C)s2)c(C=O)c1.COc1ccc(B(O)O)c(C=O)c1.Cc1cnc(Br)s1. The van der Waals surface area contributed by atoms with Gasteiger partial charge in [0.05, 0.1) is 53.6 Å². The Labute approximate surface area is 537 Å². The Morgan fingerprint density at radius 3 is 1.58 bits per heavy atom. The Balaban J connectivity index is 0.000000174. The van der Waals surface area contributed by atoms with Crippen LogP contribution in [0.15, 0.2) is 138 Å². The average Bonchev–Trinajstić information content (AvgIpc) is 1.64. The Morgan fingerprint density at radius 1 is 0.573 bits per heavy atom. The maximum Gasteiger partial charge on any atom is 0.489 e. The van der Waals surface area contributed by atoms with E-state index in [4.69, 9.17) is 46.4 Å². The number of anilines is 4. The summed E-state index contributed by atoms with van der Waals surface area (Å²) in [6.45, 7) is 18.9. The first kappa shape index (κ1) is 67.5. The Kier molecular flexibility index (Phi) is 23.0. The molecule has 0 unspecified atom stereocenters. The van der Waals surface area contributed by atoms with E-state index in [1.165, 1.54) is 24.1 Å². The number of nitrogens with zero attached hydrogens (tertiary/aromatic N) is 9. The number of aldehydes is 2. The molecule has 89 heavy (non-hydrogen) atoms. The Hall–Kier alpha value is -8.98. The van der Waals surface area contributed by atoms with Gasteiger partial charge in [-0.25, -0.2) is 39.9 Å². The average molecular weight is 1320 g/mol. The zero-order valence-corrected chi connectivity index (χ0v) is 55.3. The minimum absolute atomic E-state index is 0.0278. The van der Waals surface area contributed by atoms with Crippen LogP contribution in [-0.4, -0.2) is 101 Å². The highest BCUT2D eigenvalue weighted by Crippen LogP contribution is 2.41. The molecule has 0 bridgehead atoms. The summed E-state index contributed by atoms with van der Waals surface area (Å²) in [5.41, 5.74) is 28.2. The molecule has 6 aromatic heterocycles. The molecule has 0 amide bonds. The van der Waals surface area contributed by atoms with E-state index in [-0.39, 0.29) is 34.0 Å². The summed E-state index contributed by atoms with van der Waals surface area (Å²) in [7, 11) is 3.10. The fourth-order valence-corrected chi connectivity index (χ4v) is 11.6. The molecule has 0 fully saturated rings. The number of carbonyl (C=O) groups excluding carboxylic acids is 2. The van der Waals surface area contributed by atoms with Gasteiger partial charge in [-0.2, -0.15) is 0 Å². The van der Waals surface area contributed by atoms with Gasteiger partial charge in [-0.05, 0) is 168 Å². The quantitative estimate of drug-likeness (QED) is 0.0376. The minimum Gasteiger partial charge on any atom is -0.497 e. The number of carbonyl (C=O) groups is 2. The molecular weight excluding hydrogens is 1250 g/mol. The Bertz CT molecular complexity index is 4170. The number of halogens is 1. The fourth-order valence-electron chi connectivity index (χ4n) is 8.67. The molecule has 0 radical (unpaired) electrons. The van der Waals surface area contributed by atoms with Gasteiger partial charge in [0.25, 0.3) is 0 Å². The van der Waals surface area contributed by atoms with Crippen molar-refractivity contribution in [2.75, 3.05) is 43.8 Å². The van der Waals surface area contributed by atoms with Crippen molar-refractivity contribution in [1.82, 2.24) is 44.4 Å². The van der Waals surface area contributed by atoms with Gasteiger partial charge < -0.3 is 51.3 Å². The van der Waals surface area contributed by atoms with Crippen molar-refractivity contribution in [1.29, 1.82) is 0 Å². The minimum atomic E-state index is -1.63. The highest BCUT2D eigenvalue weighted by atomic mass is 79.9. The van der Waals surface area contributed by atoms with Crippen molar-refractivity contribution in [2.45, 2.75) is 73.4 Å². The molecule has 11 rings (SSSR count). The molecule has 0 saturated heterocycles. The second kappa shape index (κ2) is 30.3. The third-order valence-corrected chi connectivity index (χ3v) is 16.1. The number of benzene rings is 5. The number of hydrogen-bond acceptors (Lipinski definition) is 22. The van der Waals surface area contributed by atoms with E-state index in [9.17, 15) is 9.59 Å². The number of methoxy groups -OCH3 is 3. The van der Waals surface area contributed by atoms with Crippen LogP contribution in [0.25, 0.3) is 65.7 Å². The summed E-state index contributed by atoms with van der Waals surface area (Å²) in [4.78, 5) is 59.1. The summed E-state index contributed by atoms with van der Waals surface area (Å²) in [5, 5.41) is 23.0. The molecule has 20 nitrogen and oxygen atoms in total. The number of imidazole rings is 1. The number of nitrogens with one attached hydrogen (secondary N) is 1. The number of ether oxygens (including phenoxy) is 3. The van der Waals surface area contributed by atoms with Gasteiger partial charge in [-0.3, -0.25) is 9.59 Å². The summed E-state index contributed by atoms with van der Waals surface area (Å²) >= 11 is 8.13.